The fourth-order valence-corrected chi connectivity index (χ4v) is 4.08. The molecular formula is C19H16BrFN6O. The van der Waals surface area contributed by atoms with Gasteiger partial charge in [-0.15, -0.1) is 0 Å². The van der Waals surface area contributed by atoms with Crippen molar-refractivity contribution >= 4 is 43.8 Å². The smallest absolute Gasteiger partial charge is 0.224 e. The normalized spacial score (nSPS) is 19.5. The Labute approximate surface area is 167 Å². The van der Waals surface area contributed by atoms with Gasteiger partial charge in [-0.2, -0.15) is 10.1 Å². The molecule has 7 nitrogen and oxygen atoms in total. The molecule has 0 radical (unpaired) electrons. The first-order chi connectivity index (χ1) is 13.6. The zero-order valence-electron chi connectivity index (χ0n) is 14.7. The summed E-state index contributed by atoms with van der Waals surface area (Å²) in [6, 6.07) is 6.94. The van der Waals surface area contributed by atoms with Gasteiger partial charge in [0.1, 0.15) is 10.1 Å². The van der Waals surface area contributed by atoms with Gasteiger partial charge in [0.05, 0.1) is 17.2 Å². The lowest BCUT2D eigenvalue weighted by Crippen LogP contribution is -2.18. The van der Waals surface area contributed by atoms with Crippen molar-refractivity contribution in [2.24, 2.45) is 0 Å². The molecule has 9 heteroatoms. The highest BCUT2D eigenvalue weighted by molar-refractivity contribution is 9.10. The van der Waals surface area contributed by atoms with Crippen LogP contribution >= 0.6 is 15.9 Å². The third-order valence-electron chi connectivity index (χ3n) is 5.01. The number of hydrogen-bond donors (Lipinski definition) is 2. The van der Waals surface area contributed by atoms with E-state index < -0.39 is 5.82 Å². The summed E-state index contributed by atoms with van der Waals surface area (Å²) in [4.78, 5) is 13.0. The molecule has 0 bridgehead atoms. The summed E-state index contributed by atoms with van der Waals surface area (Å²) in [5, 5.41) is 18.9. The standard InChI is InChI=1S/C19H16BrFN6O/c20-17-14-9-23-19(24-11-3-4-13(28)7-11)25-18(14)27(26-17)12-6-10-2-1-5-22-16(10)15(21)8-12/h1-2,5-6,8-9,11,13,28H,3-4,7H2,(H,23,24,25)/t11-,13-/m1/s1. The number of nitrogens with one attached hydrogen (secondary N) is 1. The fourth-order valence-electron chi connectivity index (χ4n) is 3.64. The highest BCUT2D eigenvalue weighted by Gasteiger charge is 2.24. The fraction of sp³-hybridized carbons (Fsp3) is 0.263. The second kappa shape index (κ2) is 6.75. The minimum absolute atomic E-state index is 0.136. The number of anilines is 1. The highest BCUT2D eigenvalue weighted by atomic mass is 79.9. The van der Waals surface area contributed by atoms with Crippen LogP contribution in [0.2, 0.25) is 0 Å². The van der Waals surface area contributed by atoms with Crippen LogP contribution in [0.3, 0.4) is 0 Å². The highest BCUT2D eigenvalue weighted by Crippen LogP contribution is 2.28. The second-order valence-electron chi connectivity index (χ2n) is 6.94. The number of benzene rings is 1. The van der Waals surface area contributed by atoms with Crippen LogP contribution in [-0.4, -0.2) is 42.0 Å². The Kier molecular flexibility index (Phi) is 4.21. The van der Waals surface area contributed by atoms with Gasteiger partial charge in [0, 0.05) is 29.9 Å². The van der Waals surface area contributed by atoms with Gasteiger partial charge in [0.25, 0.3) is 0 Å². The Morgan fingerprint density at radius 1 is 1.25 bits per heavy atom. The SMILES string of the molecule is O[C@@H]1CC[C@@H](Nc2ncc3c(Br)nn(-c4cc(F)c5ncccc5c4)c3n2)C1. The van der Waals surface area contributed by atoms with Crippen molar-refractivity contribution in [2.75, 3.05) is 5.32 Å². The maximum atomic E-state index is 14.5. The minimum Gasteiger partial charge on any atom is -0.393 e. The van der Waals surface area contributed by atoms with Crippen molar-refractivity contribution in [3.63, 3.8) is 0 Å². The molecule has 142 valence electrons. The van der Waals surface area contributed by atoms with Crippen molar-refractivity contribution in [1.82, 2.24) is 24.7 Å². The van der Waals surface area contributed by atoms with E-state index in [0.29, 0.717) is 39.2 Å². The first-order valence-electron chi connectivity index (χ1n) is 8.99. The molecule has 0 spiro atoms. The number of halogens is 2. The molecule has 1 aliphatic rings. The van der Waals surface area contributed by atoms with E-state index in [1.807, 2.05) is 12.1 Å². The van der Waals surface area contributed by atoms with Crippen LogP contribution in [0.5, 0.6) is 0 Å². The Morgan fingerprint density at radius 3 is 2.96 bits per heavy atom. The number of aromatic nitrogens is 5. The van der Waals surface area contributed by atoms with Crippen LogP contribution in [-0.2, 0) is 0 Å². The van der Waals surface area contributed by atoms with Gasteiger partial charge in [-0.05, 0) is 47.3 Å². The zero-order chi connectivity index (χ0) is 19.3. The summed E-state index contributed by atoms with van der Waals surface area (Å²) in [6.45, 7) is 0. The van der Waals surface area contributed by atoms with E-state index in [2.05, 4.69) is 41.3 Å². The molecule has 4 aromatic rings. The molecule has 1 aromatic carbocycles. The molecule has 0 saturated heterocycles. The van der Waals surface area contributed by atoms with Crippen molar-refractivity contribution < 1.29 is 9.50 Å². The van der Waals surface area contributed by atoms with Gasteiger partial charge in [0.2, 0.25) is 5.95 Å². The molecular weight excluding hydrogens is 427 g/mol. The average Bonchev–Trinajstić information content (AvgIpc) is 3.24. The molecule has 2 N–H and O–H groups in total. The van der Waals surface area contributed by atoms with Crippen LogP contribution in [0.4, 0.5) is 10.3 Å². The molecule has 0 aliphatic heterocycles. The maximum absolute atomic E-state index is 14.5. The van der Waals surface area contributed by atoms with Crippen molar-refractivity contribution in [3.8, 4) is 5.69 Å². The predicted molar refractivity (Wildman–Crippen MR) is 107 cm³/mol. The number of fused-ring (bicyclic) bond motifs is 2. The van der Waals surface area contributed by atoms with Crippen molar-refractivity contribution in [3.05, 3.63) is 47.1 Å². The molecule has 2 atom stereocenters. The lowest BCUT2D eigenvalue weighted by molar-refractivity contribution is 0.182. The van der Waals surface area contributed by atoms with Gasteiger partial charge < -0.3 is 10.4 Å². The summed E-state index contributed by atoms with van der Waals surface area (Å²) in [5.74, 6) is 0.0448. The Bertz CT molecular complexity index is 1200. The lowest BCUT2D eigenvalue weighted by atomic mass is 10.2. The summed E-state index contributed by atoms with van der Waals surface area (Å²) in [5.41, 5.74) is 1.43. The third-order valence-corrected chi connectivity index (χ3v) is 5.59. The lowest BCUT2D eigenvalue weighted by Gasteiger charge is -2.12. The van der Waals surface area contributed by atoms with E-state index in [1.54, 1.807) is 23.1 Å². The average molecular weight is 443 g/mol. The number of nitrogens with zero attached hydrogens (tertiary/aromatic N) is 5. The Morgan fingerprint density at radius 2 is 2.14 bits per heavy atom. The van der Waals surface area contributed by atoms with Gasteiger partial charge in [-0.25, -0.2) is 14.1 Å². The summed E-state index contributed by atoms with van der Waals surface area (Å²) < 4.78 is 16.7. The van der Waals surface area contributed by atoms with Gasteiger partial charge >= 0.3 is 0 Å². The molecule has 3 heterocycles. The number of hydrogen-bond acceptors (Lipinski definition) is 6. The topological polar surface area (TPSA) is 88.8 Å². The molecule has 28 heavy (non-hydrogen) atoms. The monoisotopic (exact) mass is 442 g/mol. The van der Waals surface area contributed by atoms with E-state index in [-0.39, 0.29) is 12.1 Å². The van der Waals surface area contributed by atoms with E-state index in [1.165, 1.54) is 6.07 Å². The Balaban J connectivity index is 1.60. The van der Waals surface area contributed by atoms with Gasteiger partial charge in [-0.1, -0.05) is 6.07 Å². The number of rotatable bonds is 3. The first kappa shape index (κ1) is 17.4. The van der Waals surface area contributed by atoms with Crippen molar-refractivity contribution in [1.29, 1.82) is 0 Å². The van der Waals surface area contributed by atoms with Crippen LogP contribution in [0.1, 0.15) is 19.3 Å². The first-order valence-corrected chi connectivity index (χ1v) is 9.78. The van der Waals surface area contributed by atoms with Crippen LogP contribution in [0.15, 0.2) is 41.3 Å². The van der Waals surface area contributed by atoms with E-state index in [0.717, 1.165) is 18.2 Å². The molecule has 1 fully saturated rings. The van der Waals surface area contributed by atoms with Crippen LogP contribution < -0.4 is 5.32 Å². The number of aliphatic hydroxyl groups excluding tert-OH is 1. The largest absolute Gasteiger partial charge is 0.393 e. The van der Waals surface area contributed by atoms with E-state index in [4.69, 9.17) is 0 Å². The van der Waals surface area contributed by atoms with Crippen LogP contribution in [0.25, 0.3) is 27.6 Å². The molecule has 0 amide bonds. The minimum atomic E-state index is -0.416. The number of pyridine rings is 1. The zero-order valence-corrected chi connectivity index (χ0v) is 16.3. The van der Waals surface area contributed by atoms with E-state index in [9.17, 15) is 9.50 Å². The summed E-state index contributed by atoms with van der Waals surface area (Å²) >= 11 is 3.43. The maximum Gasteiger partial charge on any atom is 0.224 e. The van der Waals surface area contributed by atoms with Gasteiger partial charge in [-0.3, -0.25) is 4.98 Å². The molecule has 1 saturated carbocycles. The predicted octanol–water partition coefficient (Wildman–Crippen LogP) is 3.59. The number of aliphatic hydroxyl groups is 1. The summed E-state index contributed by atoms with van der Waals surface area (Å²) in [6.07, 6.45) is 5.28. The second-order valence-corrected chi connectivity index (χ2v) is 7.70. The van der Waals surface area contributed by atoms with Crippen LogP contribution in [0, 0.1) is 5.82 Å². The molecule has 3 aromatic heterocycles. The van der Waals surface area contributed by atoms with Gasteiger partial charge in [0.15, 0.2) is 11.5 Å². The molecule has 1 aliphatic carbocycles. The van der Waals surface area contributed by atoms with Crippen molar-refractivity contribution in [2.45, 2.75) is 31.4 Å². The van der Waals surface area contributed by atoms with E-state index >= 15 is 0 Å². The molecule has 0 unspecified atom stereocenters. The summed E-state index contributed by atoms with van der Waals surface area (Å²) in [7, 11) is 0. The quantitative estimate of drug-likeness (QED) is 0.503. The Hall–Kier alpha value is -2.65. The third kappa shape index (κ3) is 3.00. The molecule has 5 rings (SSSR count).